The van der Waals surface area contributed by atoms with Crippen molar-refractivity contribution in [1.29, 1.82) is 0 Å². The van der Waals surface area contributed by atoms with Crippen molar-refractivity contribution >= 4 is 11.7 Å². The third-order valence-electron chi connectivity index (χ3n) is 2.51. The third kappa shape index (κ3) is 3.66. The van der Waals surface area contributed by atoms with Crippen LogP contribution in [0.15, 0.2) is 41.5 Å². The molecule has 0 saturated heterocycles. The Balaban J connectivity index is 2.04. The number of urea groups is 1. The fourth-order valence-electron chi connectivity index (χ4n) is 1.57. The summed E-state index contributed by atoms with van der Waals surface area (Å²) in [5.74, 6) is 0. The van der Waals surface area contributed by atoms with Crippen LogP contribution in [0.4, 0.5) is 10.5 Å². The Bertz CT molecular complexity index is 616. The first-order valence-corrected chi connectivity index (χ1v) is 6.00. The molecule has 0 saturated carbocycles. The lowest BCUT2D eigenvalue weighted by Gasteiger charge is -2.07. The molecule has 0 bridgehead atoms. The monoisotopic (exact) mass is 274 g/mol. The zero-order valence-electron chi connectivity index (χ0n) is 10.6. The van der Waals surface area contributed by atoms with E-state index in [0.717, 1.165) is 5.56 Å². The molecule has 1 aromatic heterocycles. The van der Waals surface area contributed by atoms with E-state index in [2.05, 4.69) is 20.6 Å². The number of hydrogen-bond donors (Lipinski definition) is 4. The number of anilines is 1. The van der Waals surface area contributed by atoms with Crippen molar-refractivity contribution in [3.8, 4) is 11.3 Å². The topological polar surface area (TPSA) is 107 Å². The van der Waals surface area contributed by atoms with Gasteiger partial charge in [0.05, 0.1) is 18.5 Å². The molecule has 104 valence electrons. The standard InChI is InChI=1S/C13H14N4O3/c18-6-5-14-13(20)17-10-3-1-9(2-4-10)11-7-16-12(19)8-15-11/h1-4,7-8,18H,5-6H2,(H,16,19)(H2,14,17,20). The van der Waals surface area contributed by atoms with Crippen LogP contribution in [0.25, 0.3) is 11.3 Å². The number of rotatable bonds is 4. The van der Waals surface area contributed by atoms with E-state index in [0.29, 0.717) is 11.4 Å². The van der Waals surface area contributed by atoms with Crippen LogP contribution < -0.4 is 16.2 Å². The molecule has 0 spiro atoms. The Hall–Kier alpha value is -2.67. The molecule has 0 aliphatic heterocycles. The van der Waals surface area contributed by atoms with E-state index in [-0.39, 0.29) is 24.7 Å². The van der Waals surface area contributed by atoms with Gasteiger partial charge in [0.15, 0.2) is 0 Å². The van der Waals surface area contributed by atoms with Gasteiger partial charge in [0, 0.05) is 24.0 Å². The lowest BCUT2D eigenvalue weighted by Crippen LogP contribution is -2.30. The van der Waals surface area contributed by atoms with Crippen molar-refractivity contribution in [2.75, 3.05) is 18.5 Å². The van der Waals surface area contributed by atoms with Crippen molar-refractivity contribution in [1.82, 2.24) is 15.3 Å². The fraction of sp³-hybridized carbons (Fsp3) is 0.154. The van der Waals surface area contributed by atoms with Crippen molar-refractivity contribution in [2.45, 2.75) is 0 Å². The van der Waals surface area contributed by atoms with Gasteiger partial charge in [0.25, 0.3) is 5.56 Å². The average molecular weight is 274 g/mol. The fourth-order valence-corrected chi connectivity index (χ4v) is 1.57. The smallest absolute Gasteiger partial charge is 0.319 e. The van der Waals surface area contributed by atoms with Crippen molar-refractivity contribution in [3.63, 3.8) is 0 Å². The molecule has 0 atom stereocenters. The highest BCUT2D eigenvalue weighted by molar-refractivity contribution is 5.89. The molecule has 4 N–H and O–H groups in total. The molecule has 1 heterocycles. The number of hydrogen-bond acceptors (Lipinski definition) is 4. The van der Waals surface area contributed by atoms with Gasteiger partial charge in [0.1, 0.15) is 0 Å². The van der Waals surface area contributed by atoms with E-state index in [4.69, 9.17) is 5.11 Å². The van der Waals surface area contributed by atoms with E-state index in [1.807, 2.05) is 0 Å². The summed E-state index contributed by atoms with van der Waals surface area (Å²) in [6, 6.07) is 6.63. The second kappa shape index (κ2) is 6.48. The van der Waals surface area contributed by atoms with Crippen LogP contribution in [-0.4, -0.2) is 34.3 Å². The summed E-state index contributed by atoms with van der Waals surface area (Å²) in [6.45, 7) is 0.0927. The summed E-state index contributed by atoms with van der Waals surface area (Å²) < 4.78 is 0. The summed E-state index contributed by atoms with van der Waals surface area (Å²) in [4.78, 5) is 28.9. The van der Waals surface area contributed by atoms with Gasteiger partial charge in [0.2, 0.25) is 0 Å². The van der Waals surface area contributed by atoms with Crippen LogP contribution in [0.3, 0.4) is 0 Å². The molecule has 0 radical (unpaired) electrons. The van der Waals surface area contributed by atoms with Gasteiger partial charge in [-0.1, -0.05) is 12.1 Å². The number of H-pyrrole nitrogens is 1. The van der Waals surface area contributed by atoms with Gasteiger partial charge in [-0.3, -0.25) is 4.79 Å². The van der Waals surface area contributed by atoms with Crippen LogP contribution in [-0.2, 0) is 0 Å². The minimum Gasteiger partial charge on any atom is -0.395 e. The Labute approximate surface area is 114 Å². The van der Waals surface area contributed by atoms with Gasteiger partial charge in [-0.15, -0.1) is 0 Å². The average Bonchev–Trinajstić information content (AvgIpc) is 2.47. The van der Waals surface area contributed by atoms with Gasteiger partial charge >= 0.3 is 6.03 Å². The molecular weight excluding hydrogens is 260 g/mol. The first-order valence-electron chi connectivity index (χ1n) is 6.00. The zero-order chi connectivity index (χ0) is 14.4. The minimum absolute atomic E-state index is 0.107. The van der Waals surface area contributed by atoms with Gasteiger partial charge < -0.3 is 20.7 Å². The predicted octanol–water partition coefficient (Wildman–Crippen LogP) is 0.551. The molecule has 2 amide bonds. The second-order valence-electron chi connectivity index (χ2n) is 3.98. The maximum atomic E-state index is 11.4. The highest BCUT2D eigenvalue weighted by atomic mass is 16.3. The van der Waals surface area contributed by atoms with Crippen LogP contribution in [0.2, 0.25) is 0 Å². The maximum Gasteiger partial charge on any atom is 0.319 e. The lowest BCUT2D eigenvalue weighted by atomic mass is 10.1. The molecule has 0 aliphatic rings. The summed E-state index contributed by atoms with van der Waals surface area (Å²) in [5.41, 5.74) is 1.82. The van der Waals surface area contributed by atoms with Gasteiger partial charge in [-0.25, -0.2) is 9.78 Å². The summed E-state index contributed by atoms with van der Waals surface area (Å²) >= 11 is 0. The normalized spacial score (nSPS) is 10.1. The first kappa shape index (κ1) is 13.8. The maximum absolute atomic E-state index is 11.4. The molecule has 0 unspecified atom stereocenters. The Morgan fingerprint density at radius 3 is 2.65 bits per heavy atom. The first-order chi connectivity index (χ1) is 9.69. The third-order valence-corrected chi connectivity index (χ3v) is 2.51. The number of aromatic nitrogens is 2. The Kier molecular flexibility index (Phi) is 4.46. The van der Waals surface area contributed by atoms with E-state index < -0.39 is 0 Å². The molecule has 2 aromatic rings. The molecule has 0 aliphatic carbocycles. The second-order valence-corrected chi connectivity index (χ2v) is 3.98. The summed E-state index contributed by atoms with van der Waals surface area (Å²) in [5, 5.41) is 13.7. The van der Waals surface area contributed by atoms with Crippen LogP contribution >= 0.6 is 0 Å². The van der Waals surface area contributed by atoms with Crippen LogP contribution in [0.5, 0.6) is 0 Å². The van der Waals surface area contributed by atoms with Crippen molar-refractivity contribution in [2.24, 2.45) is 0 Å². The molecule has 2 rings (SSSR count). The highest BCUT2D eigenvalue weighted by Gasteiger charge is 2.02. The van der Waals surface area contributed by atoms with Crippen molar-refractivity contribution in [3.05, 3.63) is 47.0 Å². The number of aliphatic hydroxyl groups is 1. The molecule has 1 aromatic carbocycles. The molecule has 7 heteroatoms. The summed E-state index contributed by atoms with van der Waals surface area (Å²) in [7, 11) is 0. The van der Waals surface area contributed by atoms with E-state index in [1.54, 1.807) is 24.3 Å². The van der Waals surface area contributed by atoms with Gasteiger partial charge in [-0.2, -0.15) is 0 Å². The Morgan fingerprint density at radius 1 is 1.30 bits per heavy atom. The van der Waals surface area contributed by atoms with Crippen LogP contribution in [0, 0.1) is 0 Å². The molecule has 7 nitrogen and oxygen atoms in total. The SMILES string of the molecule is O=C(NCCO)Nc1ccc(-c2c[nH]c(=O)cn2)cc1. The largest absolute Gasteiger partial charge is 0.395 e. The van der Waals surface area contributed by atoms with E-state index in [1.165, 1.54) is 12.4 Å². The number of aliphatic hydroxyl groups excluding tert-OH is 1. The number of carbonyl (C=O) groups excluding carboxylic acids is 1. The summed E-state index contributed by atoms with van der Waals surface area (Å²) in [6.07, 6.45) is 2.74. The predicted molar refractivity (Wildman–Crippen MR) is 74.4 cm³/mol. The quantitative estimate of drug-likeness (QED) is 0.653. The number of carbonyl (C=O) groups is 1. The number of amides is 2. The molecule has 0 fully saturated rings. The number of benzene rings is 1. The van der Waals surface area contributed by atoms with Gasteiger partial charge in [-0.05, 0) is 12.1 Å². The number of nitrogens with one attached hydrogen (secondary N) is 3. The number of nitrogens with zero attached hydrogens (tertiary/aromatic N) is 1. The highest BCUT2D eigenvalue weighted by Crippen LogP contribution is 2.17. The lowest BCUT2D eigenvalue weighted by molar-refractivity contribution is 0.245. The zero-order valence-corrected chi connectivity index (χ0v) is 10.6. The van der Waals surface area contributed by atoms with Crippen LogP contribution in [0.1, 0.15) is 0 Å². The Morgan fingerprint density at radius 2 is 2.05 bits per heavy atom. The number of aromatic amines is 1. The minimum atomic E-state index is -0.381. The van der Waals surface area contributed by atoms with Crippen molar-refractivity contribution < 1.29 is 9.90 Å². The molecular formula is C13H14N4O3. The van der Waals surface area contributed by atoms with E-state index in [9.17, 15) is 9.59 Å². The van der Waals surface area contributed by atoms with E-state index >= 15 is 0 Å². The molecule has 20 heavy (non-hydrogen) atoms.